The lowest BCUT2D eigenvalue weighted by Crippen LogP contribution is -2.51. The molecule has 0 aromatic heterocycles. The number of hydrogen-bond donors (Lipinski definition) is 0. The number of imide groups is 1. The van der Waals surface area contributed by atoms with Gasteiger partial charge in [0.1, 0.15) is 0 Å². The van der Waals surface area contributed by atoms with Crippen LogP contribution in [0.5, 0.6) is 0 Å². The van der Waals surface area contributed by atoms with Crippen LogP contribution in [-0.2, 0) is 4.79 Å². The van der Waals surface area contributed by atoms with Crippen LogP contribution in [0.2, 0.25) is 0 Å². The van der Waals surface area contributed by atoms with Gasteiger partial charge in [-0.15, -0.1) is 0 Å². The number of rotatable bonds is 5. The van der Waals surface area contributed by atoms with E-state index < -0.39 is 0 Å². The molecule has 1 aliphatic carbocycles. The number of piperazine rings is 1. The van der Waals surface area contributed by atoms with Crippen LogP contribution in [0, 0.1) is 6.92 Å². The van der Waals surface area contributed by atoms with E-state index in [9.17, 15) is 14.4 Å². The summed E-state index contributed by atoms with van der Waals surface area (Å²) in [7, 11) is 0. The minimum absolute atomic E-state index is 0.138. The van der Waals surface area contributed by atoms with Crippen LogP contribution < -0.4 is 0 Å². The zero-order valence-electron chi connectivity index (χ0n) is 16.7. The lowest BCUT2D eigenvalue weighted by atomic mass is 10.1. The van der Waals surface area contributed by atoms with E-state index in [1.54, 1.807) is 12.1 Å². The van der Waals surface area contributed by atoms with Gasteiger partial charge in [0.05, 0.1) is 11.1 Å². The van der Waals surface area contributed by atoms with Crippen molar-refractivity contribution in [3.05, 3.63) is 34.9 Å². The summed E-state index contributed by atoms with van der Waals surface area (Å²) in [6.45, 7) is 5.73. The highest BCUT2D eigenvalue weighted by Gasteiger charge is 2.35. The molecule has 0 unspecified atom stereocenters. The Morgan fingerprint density at radius 1 is 1.00 bits per heavy atom. The number of carbonyl (C=O) groups excluding carboxylic acids is 3. The van der Waals surface area contributed by atoms with Crippen molar-refractivity contribution < 1.29 is 14.4 Å². The molecule has 1 saturated carbocycles. The molecule has 2 aliphatic heterocycles. The number of amides is 3. The standard InChI is InChI=1S/C22H29N3O3/c1-16-8-9-18-19(15-16)22(28)25(21(18)27)10-4-7-20(26)24-13-11-23(12-14-24)17-5-2-3-6-17/h8-9,15,17H,2-7,10-14H2,1H3. The van der Waals surface area contributed by atoms with Crippen molar-refractivity contribution in [3.63, 3.8) is 0 Å². The maximum atomic E-state index is 12.5. The number of carbonyl (C=O) groups is 3. The van der Waals surface area contributed by atoms with Crippen LogP contribution in [0.4, 0.5) is 0 Å². The molecule has 28 heavy (non-hydrogen) atoms. The Labute approximate surface area is 166 Å². The number of benzene rings is 1. The normalized spacial score (nSPS) is 20.9. The third kappa shape index (κ3) is 3.70. The average Bonchev–Trinajstić information content (AvgIpc) is 3.31. The smallest absolute Gasteiger partial charge is 0.261 e. The fraction of sp³-hybridized carbons (Fsp3) is 0.591. The SMILES string of the molecule is Cc1ccc2c(c1)C(=O)N(CCCC(=O)N1CCN(C3CCCC3)CC1)C2=O. The average molecular weight is 383 g/mol. The lowest BCUT2D eigenvalue weighted by molar-refractivity contribution is -0.133. The number of hydrogen-bond acceptors (Lipinski definition) is 4. The molecular weight excluding hydrogens is 354 g/mol. The second kappa shape index (κ2) is 8.03. The van der Waals surface area contributed by atoms with Gasteiger partial charge in [0.15, 0.2) is 0 Å². The van der Waals surface area contributed by atoms with E-state index >= 15 is 0 Å². The van der Waals surface area contributed by atoms with E-state index in [1.165, 1.54) is 30.6 Å². The quantitative estimate of drug-likeness (QED) is 0.733. The van der Waals surface area contributed by atoms with Crippen LogP contribution in [0.15, 0.2) is 18.2 Å². The Hall–Kier alpha value is -2.21. The van der Waals surface area contributed by atoms with Gasteiger partial charge < -0.3 is 4.90 Å². The largest absolute Gasteiger partial charge is 0.340 e. The molecule has 150 valence electrons. The molecule has 0 bridgehead atoms. The minimum atomic E-state index is -0.238. The summed E-state index contributed by atoms with van der Waals surface area (Å²) in [5.41, 5.74) is 1.93. The van der Waals surface area contributed by atoms with Crippen molar-refractivity contribution in [2.45, 2.75) is 51.5 Å². The predicted octanol–water partition coefficient (Wildman–Crippen LogP) is 2.46. The van der Waals surface area contributed by atoms with E-state index in [0.29, 0.717) is 30.5 Å². The monoisotopic (exact) mass is 383 g/mol. The highest BCUT2D eigenvalue weighted by Crippen LogP contribution is 2.25. The molecule has 6 heteroatoms. The fourth-order valence-corrected chi connectivity index (χ4v) is 4.76. The molecule has 0 N–H and O–H groups in total. The van der Waals surface area contributed by atoms with Crippen LogP contribution >= 0.6 is 0 Å². The Kier molecular flexibility index (Phi) is 5.49. The van der Waals surface area contributed by atoms with E-state index in [0.717, 1.165) is 37.8 Å². The fourth-order valence-electron chi connectivity index (χ4n) is 4.76. The molecule has 3 amide bonds. The van der Waals surface area contributed by atoms with E-state index in [2.05, 4.69) is 4.90 Å². The van der Waals surface area contributed by atoms with E-state index in [4.69, 9.17) is 0 Å². The van der Waals surface area contributed by atoms with E-state index in [-0.39, 0.29) is 17.7 Å². The summed E-state index contributed by atoms with van der Waals surface area (Å²) in [6, 6.07) is 6.06. The van der Waals surface area contributed by atoms with Crippen molar-refractivity contribution in [2.75, 3.05) is 32.7 Å². The van der Waals surface area contributed by atoms with Crippen LogP contribution in [0.25, 0.3) is 0 Å². The first kappa shape index (κ1) is 19.1. The van der Waals surface area contributed by atoms with Gasteiger partial charge in [0.25, 0.3) is 11.8 Å². The Morgan fingerprint density at radius 2 is 1.68 bits per heavy atom. The summed E-state index contributed by atoms with van der Waals surface area (Å²) in [5.74, 6) is -0.336. The predicted molar refractivity (Wildman–Crippen MR) is 106 cm³/mol. The molecule has 0 atom stereocenters. The molecule has 2 heterocycles. The van der Waals surface area contributed by atoms with Gasteiger partial charge >= 0.3 is 0 Å². The zero-order valence-corrected chi connectivity index (χ0v) is 16.7. The second-order valence-electron chi connectivity index (χ2n) is 8.27. The number of nitrogens with zero attached hydrogens (tertiary/aromatic N) is 3. The molecule has 6 nitrogen and oxygen atoms in total. The van der Waals surface area contributed by atoms with Gasteiger partial charge in [-0.3, -0.25) is 24.2 Å². The highest BCUT2D eigenvalue weighted by molar-refractivity contribution is 6.21. The van der Waals surface area contributed by atoms with Gasteiger partial charge in [0.2, 0.25) is 5.91 Å². The topological polar surface area (TPSA) is 60.9 Å². The van der Waals surface area contributed by atoms with Gasteiger partial charge in [0, 0.05) is 45.2 Å². The minimum Gasteiger partial charge on any atom is -0.340 e. The molecule has 0 spiro atoms. The van der Waals surface area contributed by atoms with Crippen LogP contribution in [0.1, 0.15) is 64.8 Å². The van der Waals surface area contributed by atoms with E-state index in [1.807, 2.05) is 17.9 Å². The second-order valence-corrected chi connectivity index (χ2v) is 8.27. The summed E-state index contributed by atoms with van der Waals surface area (Å²) in [5, 5.41) is 0. The van der Waals surface area contributed by atoms with Gasteiger partial charge in [-0.25, -0.2) is 0 Å². The molecule has 0 radical (unpaired) electrons. The Morgan fingerprint density at radius 3 is 2.39 bits per heavy atom. The Bertz CT molecular complexity index is 777. The first-order valence-electron chi connectivity index (χ1n) is 10.5. The van der Waals surface area contributed by atoms with Crippen molar-refractivity contribution in [3.8, 4) is 0 Å². The number of aryl methyl sites for hydroxylation is 1. The molecule has 2 fully saturated rings. The van der Waals surface area contributed by atoms with Crippen molar-refractivity contribution in [2.24, 2.45) is 0 Å². The highest BCUT2D eigenvalue weighted by atomic mass is 16.2. The third-order valence-corrected chi connectivity index (χ3v) is 6.41. The molecule has 4 rings (SSSR count). The van der Waals surface area contributed by atoms with Crippen LogP contribution in [-0.4, -0.2) is 71.2 Å². The molecular formula is C22H29N3O3. The maximum absolute atomic E-state index is 12.5. The molecule has 1 aromatic carbocycles. The first-order valence-corrected chi connectivity index (χ1v) is 10.5. The summed E-state index contributed by atoms with van der Waals surface area (Å²) in [6.07, 6.45) is 6.17. The molecule has 3 aliphatic rings. The summed E-state index contributed by atoms with van der Waals surface area (Å²) >= 11 is 0. The van der Waals surface area contributed by atoms with Gasteiger partial charge in [-0.05, 0) is 38.3 Å². The molecule has 1 aromatic rings. The van der Waals surface area contributed by atoms with Gasteiger partial charge in [-0.1, -0.05) is 24.5 Å². The zero-order chi connectivity index (χ0) is 19.7. The number of fused-ring (bicyclic) bond motifs is 1. The van der Waals surface area contributed by atoms with Gasteiger partial charge in [-0.2, -0.15) is 0 Å². The van der Waals surface area contributed by atoms with Crippen LogP contribution in [0.3, 0.4) is 0 Å². The molecule has 1 saturated heterocycles. The maximum Gasteiger partial charge on any atom is 0.261 e. The summed E-state index contributed by atoms with van der Waals surface area (Å²) < 4.78 is 0. The first-order chi connectivity index (χ1) is 13.5. The third-order valence-electron chi connectivity index (χ3n) is 6.41. The lowest BCUT2D eigenvalue weighted by Gasteiger charge is -2.38. The summed E-state index contributed by atoms with van der Waals surface area (Å²) in [4.78, 5) is 43.3. The Balaban J connectivity index is 1.24. The van der Waals surface area contributed by atoms with Crippen molar-refractivity contribution >= 4 is 17.7 Å². The van der Waals surface area contributed by atoms with Crippen molar-refractivity contribution in [1.82, 2.24) is 14.7 Å². The van der Waals surface area contributed by atoms with Crippen molar-refractivity contribution in [1.29, 1.82) is 0 Å².